The van der Waals surface area contributed by atoms with E-state index in [4.69, 9.17) is 0 Å². The van der Waals surface area contributed by atoms with E-state index in [0.29, 0.717) is 22.2 Å². The molecular formula is C27H27N3O3. The second kappa shape index (κ2) is 8.90. The zero-order valence-electron chi connectivity index (χ0n) is 19.3. The van der Waals surface area contributed by atoms with Gasteiger partial charge in [0.2, 0.25) is 0 Å². The number of fused-ring (bicyclic) bond motifs is 1. The molecule has 6 heteroatoms. The van der Waals surface area contributed by atoms with Crippen LogP contribution in [0.5, 0.6) is 0 Å². The van der Waals surface area contributed by atoms with Crippen LogP contribution < -0.4 is 16.6 Å². The second-order valence-corrected chi connectivity index (χ2v) is 8.62. The minimum atomic E-state index is -0.399. The number of nitrogens with zero attached hydrogens (tertiary/aromatic N) is 2. The molecule has 1 heterocycles. The van der Waals surface area contributed by atoms with Crippen molar-refractivity contribution in [3.8, 4) is 5.69 Å². The van der Waals surface area contributed by atoms with E-state index in [9.17, 15) is 14.4 Å². The van der Waals surface area contributed by atoms with E-state index >= 15 is 0 Å². The lowest BCUT2D eigenvalue weighted by atomic mass is 10.1. The molecule has 0 radical (unpaired) electrons. The van der Waals surface area contributed by atoms with E-state index in [0.717, 1.165) is 16.7 Å². The Kier molecular flexibility index (Phi) is 6.01. The maximum Gasteiger partial charge on any atom is 0.336 e. The van der Waals surface area contributed by atoms with Crippen molar-refractivity contribution < 1.29 is 4.79 Å². The Morgan fingerprint density at radius 3 is 2.27 bits per heavy atom. The topological polar surface area (TPSA) is 73.1 Å². The van der Waals surface area contributed by atoms with Crippen molar-refractivity contribution in [2.75, 3.05) is 0 Å². The molecule has 0 unspecified atom stereocenters. The molecule has 6 nitrogen and oxygen atoms in total. The molecule has 0 spiro atoms. The number of nitrogens with one attached hydrogen (secondary N) is 1. The van der Waals surface area contributed by atoms with E-state index in [1.54, 1.807) is 41.0 Å². The van der Waals surface area contributed by atoms with Gasteiger partial charge >= 0.3 is 5.69 Å². The Labute approximate surface area is 192 Å². The van der Waals surface area contributed by atoms with Crippen molar-refractivity contribution in [1.82, 2.24) is 14.5 Å². The molecule has 0 atom stereocenters. The third-order valence-electron chi connectivity index (χ3n) is 5.78. The molecule has 0 saturated heterocycles. The third kappa shape index (κ3) is 4.37. The number of hydrogen-bond donors (Lipinski definition) is 1. The van der Waals surface area contributed by atoms with Crippen molar-refractivity contribution in [2.45, 2.75) is 40.3 Å². The zero-order chi connectivity index (χ0) is 23.7. The Morgan fingerprint density at radius 2 is 1.61 bits per heavy atom. The summed E-state index contributed by atoms with van der Waals surface area (Å²) in [5.41, 5.74) is 3.91. The number of hydrogen-bond acceptors (Lipinski definition) is 3. The fourth-order valence-corrected chi connectivity index (χ4v) is 3.86. The first kappa shape index (κ1) is 22.3. The van der Waals surface area contributed by atoms with Gasteiger partial charge < -0.3 is 5.32 Å². The van der Waals surface area contributed by atoms with Crippen molar-refractivity contribution in [3.63, 3.8) is 0 Å². The van der Waals surface area contributed by atoms with Crippen LogP contribution in [0.3, 0.4) is 0 Å². The molecule has 0 aliphatic rings. The fraction of sp³-hybridized carbons (Fsp3) is 0.222. The highest BCUT2D eigenvalue weighted by Gasteiger charge is 2.15. The van der Waals surface area contributed by atoms with Crippen LogP contribution in [0.4, 0.5) is 0 Å². The number of aryl methyl sites for hydroxylation is 2. The summed E-state index contributed by atoms with van der Waals surface area (Å²) in [4.78, 5) is 39.1. The van der Waals surface area contributed by atoms with Gasteiger partial charge in [0, 0.05) is 11.6 Å². The molecule has 4 rings (SSSR count). The Morgan fingerprint density at radius 1 is 0.909 bits per heavy atom. The van der Waals surface area contributed by atoms with Crippen molar-refractivity contribution in [3.05, 3.63) is 110 Å². The molecule has 1 aromatic heterocycles. The predicted molar refractivity (Wildman–Crippen MR) is 131 cm³/mol. The van der Waals surface area contributed by atoms with Gasteiger partial charge in [-0.25, -0.2) is 9.36 Å². The Balaban J connectivity index is 1.83. The summed E-state index contributed by atoms with van der Waals surface area (Å²) < 4.78 is 2.84. The number of rotatable bonds is 5. The standard InChI is InChI=1S/C27H27N3O3/c1-17(2)28-25(31)21-12-10-20(11-13-21)16-29-24-8-6-5-7-23(24)26(32)30(27(29)33)22-14-9-18(3)19(4)15-22/h5-15,17H,16H2,1-4H3,(H,28,31). The largest absolute Gasteiger partial charge is 0.350 e. The van der Waals surface area contributed by atoms with Crippen LogP contribution in [-0.4, -0.2) is 21.1 Å². The minimum Gasteiger partial charge on any atom is -0.350 e. The van der Waals surface area contributed by atoms with Gasteiger partial charge in [-0.1, -0.05) is 30.3 Å². The van der Waals surface area contributed by atoms with E-state index in [1.807, 2.05) is 58.0 Å². The maximum absolute atomic E-state index is 13.6. The van der Waals surface area contributed by atoms with Gasteiger partial charge in [-0.05, 0) is 80.8 Å². The van der Waals surface area contributed by atoms with Crippen molar-refractivity contribution in [1.29, 1.82) is 0 Å². The summed E-state index contributed by atoms with van der Waals surface area (Å²) in [7, 11) is 0. The smallest absolute Gasteiger partial charge is 0.336 e. The summed E-state index contributed by atoms with van der Waals surface area (Å²) in [6.45, 7) is 8.05. The molecule has 168 valence electrons. The van der Waals surface area contributed by atoms with Crippen molar-refractivity contribution >= 4 is 16.8 Å². The molecule has 4 aromatic rings. The summed E-state index contributed by atoms with van der Waals surface area (Å²) in [5.74, 6) is -0.137. The van der Waals surface area contributed by atoms with Crippen LogP contribution in [0.2, 0.25) is 0 Å². The van der Waals surface area contributed by atoms with Gasteiger partial charge in [-0.2, -0.15) is 0 Å². The lowest BCUT2D eigenvalue weighted by Gasteiger charge is -2.15. The average molecular weight is 442 g/mol. The summed E-state index contributed by atoms with van der Waals surface area (Å²) >= 11 is 0. The van der Waals surface area contributed by atoms with Gasteiger partial charge in [-0.3, -0.25) is 14.2 Å². The SMILES string of the molecule is Cc1ccc(-n2c(=O)c3ccccc3n(Cc3ccc(C(=O)NC(C)C)cc3)c2=O)cc1C. The molecule has 0 bridgehead atoms. The van der Waals surface area contributed by atoms with E-state index in [-0.39, 0.29) is 24.1 Å². The van der Waals surface area contributed by atoms with Crippen molar-refractivity contribution in [2.24, 2.45) is 0 Å². The quantitative estimate of drug-likeness (QED) is 0.510. The zero-order valence-corrected chi connectivity index (χ0v) is 19.3. The molecule has 1 amide bonds. The van der Waals surface area contributed by atoms with E-state index in [2.05, 4.69) is 5.32 Å². The monoisotopic (exact) mass is 441 g/mol. The highest BCUT2D eigenvalue weighted by atomic mass is 16.2. The molecule has 0 fully saturated rings. The molecule has 3 aromatic carbocycles. The number of aromatic nitrogens is 2. The number of para-hydroxylation sites is 1. The predicted octanol–water partition coefficient (Wildman–Crippen LogP) is 3.96. The summed E-state index contributed by atoms with van der Waals surface area (Å²) in [5, 5.41) is 3.34. The molecular weight excluding hydrogens is 414 g/mol. The Hall–Kier alpha value is -3.93. The maximum atomic E-state index is 13.6. The van der Waals surface area contributed by atoms with Gasteiger partial charge in [-0.15, -0.1) is 0 Å². The lowest BCUT2D eigenvalue weighted by molar-refractivity contribution is 0.0943. The molecule has 0 aliphatic heterocycles. The van der Waals surface area contributed by atoms with Crippen LogP contribution >= 0.6 is 0 Å². The third-order valence-corrected chi connectivity index (χ3v) is 5.78. The average Bonchev–Trinajstić information content (AvgIpc) is 2.79. The van der Waals surface area contributed by atoms with Gasteiger partial charge in [0.15, 0.2) is 0 Å². The van der Waals surface area contributed by atoms with E-state index in [1.165, 1.54) is 4.57 Å². The van der Waals surface area contributed by atoms with E-state index < -0.39 is 5.69 Å². The number of carbonyl (C=O) groups excluding carboxylic acids is 1. The summed E-state index contributed by atoms with van der Waals surface area (Å²) in [6, 6.07) is 19.9. The number of benzene rings is 3. The number of carbonyl (C=O) groups is 1. The van der Waals surface area contributed by atoms with Crippen LogP contribution in [0.25, 0.3) is 16.6 Å². The highest BCUT2D eigenvalue weighted by Crippen LogP contribution is 2.15. The molecule has 1 N–H and O–H groups in total. The molecule has 0 saturated carbocycles. The number of amides is 1. The van der Waals surface area contributed by atoms with Crippen LogP contribution in [0.1, 0.15) is 40.9 Å². The first-order valence-electron chi connectivity index (χ1n) is 11.0. The van der Waals surface area contributed by atoms with Gasteiger partial charge in [0.1, 0.15) is 0 Å². The first-order valence-corrected chi connectivity index (χ1v) is 11.0. The second-order valence-electron chi connectivity index (χ2n) is 8.62. The van der Waals surface area contributed by atoms with Crippen LogP contribution in [-0.2, 0) is 6.54 Å². The van der Waals surface area contributed by atoms with Gasteiger partial charge in [0.05, 0.1) is 23.1 Å². The minimum absolute atomic E-state index is 0.0496. The fourth-order valence-electron chi connectivity index (χ4n) is 3.86. The van der Waals surface area contributed by atoms with Crippen LogP contribution in [0, 0.1) is 13.8 Å². The molecule has 0 aliphatic carbocycles. The Bertz CT molecular complexity index is 1460. The lowest BCUT2D eigenvalue weighted by Crippen LogP contribution is -2.39. The highest BCUT2D eigenvalue weighted by molar-refractivity contribution is 5.94. The normalized spacial score (nSPS) is 11.2. The van der Waals surface area contributed by atoms with Crippen LogP contribution in [0.15, 0.2) is 76.3 Å². The van der Waals surface area contributed by atoms with Gasteiger partial charge in [0.25, 0.3) is 11.5 Å². The first-order chi connectivity index (χ1) is 15.8. The summed E-state index contributed by atoms with van der Waals surface area (Å²) in [6.07, 6.45) is 0. The molecule has 33 heavy (non-hydrogen) atoms.